The minimum Gasteiger partial charge on any atom is -0.395 e. The number of imidazole rings is 1. The Hall–Kier alpha value is -2.18. The van der Waals surface area contributed by atoms with Crippen LogP contribution in [-0.4, -0.2) is 57.1 Å². The number of nitrogens with zero attached hydrogens (tertiary/aromatic N) is 4. The van der Waals surface area contributed by atoms with Crippen molar-refractivity contribution in [2.75, 3.05) is 26.7 Å². The fourth-order valence-corrected chi connectivity index (χ4v) is 2.54. The summed E-state index contributed by atoms with van der Waals surface area (Å²) in [4.78, 5) is 20.3. The maximum atomic E-state index is 12.6. The third-order valence-electron chi connectivity index (χ3n) is 3.97. The van der Waals surface area contributed by atoms with Crippen molar-refractivity contribution in [3.05, 3.63) is 53.6 Å². The fourth-order valence-electron chi connectivity index (χ4n) is 2.54. The van der Waals surface area contributed by atoms with Gasteiger partial charge in [0.1, 0.15) is 0 Å². The predicted molar refractivity (Wildman–Crippen MR) is 93.2 cm³/mol. The first kappa shape index (κ1) is 18.2. The standard InChI is InChI=1S/C18H26N4O2/c1-15-4-6-16(7-5-15)11-20(2)13-18(24)22(8-9-23)12-17-10-19-14-21(17)3/h4-7,10,14,23H,8-9,11-13H2,1-3H3. The molecular formula is C18H26N4O2. The van der Waals surface area contributed by atoms with Crippen molar-refractivity contribution in [2.24, 2.45) is 7.05 Å². The second-order valence-corrected chi connectivity index (χ2v) is 6.19. The lowest BCUT2D eigenvalue weighted by atomic mass is 10.1. The summed E-state index contributed by atoms with van der Waals surface area (Å²) in [6.07, 6.45) is 3.45. The maximum absolute atomic E-state index is 12.6. The molecule has 24 heavy (non-hydrogen) atoms. The number of aryl methyl sites for hydroxylation is 2. The summed E-state index contributed by atoms with van der Waals surface area (Å²) in [5.41, 5.74) is 3.34. The van der Waals surface area contributed by atoms with E-state index in [1.807, 2.05) is 23.6 Å². The molecule has 0 saturated carbocycles. The number of hydrogen-bond acceptors (Lipinski definition) is 4. The van der Waals surface area contributed by atoms with Crippen molar-refractivity contribution in [3.8, 4) is 0 Å². The molecule has 0 aliphatic rings. The number of hydrogen-bond donors (Lipinski definition) is 1. The summed E-state index contributed by atoms with van der Waals surface area (Å²) in [7, 11) is 3.83. The molecule has 0 unspecified atom stereocenters. The van der Waals surface area contributed by atoms with Crippen molar-refractivity contribution in [2.45, 2.75) is 20.0 Å². The highest BCUT2D eigenvalue weighted by atomic mass is 16.3. The predicted octanol–water partition coefficient (Wildman–Crippen LogP) is 1.18. The van der Waals surface area contributed by atoms with Crippen LogP contribution in [0, 0.1) is 6.92 Å². The summed E-state index contributed by atoms with van der Waals surface area (Å²) >= 11 is 0. The molecule has 1 heterocycles. The molecule has 1 amide bonds. The number of aromatic nitrogens is 2. The Morgan fingerprint density at radius 2 is 1.96 bits per heavy atom. The number of aliphatic hydroxyl groups is 1. The average molecular weight is 330 g/mol. The number of carbonyl (C=O) groups excluding carboxylic acids is 1. The molecule has 0 bridgehead atoms. The van der Waals surface area contributed by atoms with Gasteiger partial charge in [0.15, 0.2) is 0 Å². The Morgan fingerprint density at radius 3 is 2.54 bits per heavy atom. The van der Waals surface area contributed by atoms with Crippen LogP contribution in [0.1, 0.15) is 16.8 Å². The highest BCUT2D eigenvalue weighted by Gasteiger charge is 2.17. The van der Waals surface area contributed by atoms with Gasteiger partial charge in [0.25, 0.3) is 0 Å². The molecule has 0 radical (unpaired) electrons. The zero-order chi connectivity index (χ0) is 17.5. The number of carbonyl (C=O) groups is 1. The first-order chi connectivity index (χ1) is 11.5. The smallest absolute Gasteiger partial charge is 0.237 e. The van der Waals surface area contributed by atoms with E-state index in [4.69, 9.17) is 0 Å². The Labute approximate surface area is 143 Å². The van der Waals surface area contributed by atoms with Gasteiger partial charge in [-0.3, -0.25) is 9.69 Å². The highest BCUT2D eigenvalue weighted by Crippen LogP contribution is 2.08. The van der Waals surface area contributed by atoms with E-state index >= 15 is 0 Å². The van der Waals surface area contributed by atoms with Crippen molar-refractivity contribution >= 4 is 5.91 Å². The molecule has 0 saturated heterocycles. The zero-order valence-electron chi connectivity index (χ0n) is 14.6. The van der Waals surface area contributed by atoms with Crippen molar-refractivity contribution in [1.82, 2.24) is 19.4 Å². The van der Waals surface area contributed by atoms with E-state index in [9.17, 15) is 9.90 Å². The second-order valence-electron chi connectivity index (χ2n) is 6.19. The van der Waals surface area contributed by atoms with E-state index in [1.165, 1.54) is 11.1 Å². The van der Waals surface area contributed by atoms with E-state index < -0.39 is 0 Å². The molecule has 2 aromatic rings. The molecule has 6 heteroatoms. The molecule has 0 spiro atoms. The average Bonchev–Trinajstić information content (AvgIpc) is 2.94. The molecule has 130 valence electrons. The van der Waals surface area contributed by atoms with Crippen LogP contribution in [0.2, 0.25) is 0 Å². The molecule has 0 fully saturated rings. The van der Waals surface area contributed by atoms with Gasteiger partial charge in [-0.25, -0.2) is 4.98 Å². The first-order valence-electron chi connectivity index (χ1n) is 8.07. The maximum Gasteiger partial charge on any atom is 0.237 e. The van der Waals surface area contributed by atoms with E-state index in [-0.39, 0.29) is 12.5 Å². The van der Waals surface area contributed by atoms with E-state index in [1.54, 1.807) is 17.4 Å². The van der Waals surface area contributed by atoms with Crippen LogP contribution in [0.3, 0.4) is 0 Å². The third kappa shape index (κ3) is 5.18. The largest absolute Gasteiger partial charge is 0.395 e. The molecule has 2 rings (SSSR count). The Bertz CT molecular complexity index is 651. The van der Waals surface area contributed by atoms with Gasteiger partial charge in [-0.15, -0.1) is 0 Å². The lowest BCUT2D eigenvalue weighted by molar-refractivity contribution is -0.133. The molecular weight excluding hydrogens is 304 g/mol. The normalized spacial score (nSPS) is 11.0. The third-order valence-corrected chi connectivity index (χ3v) is 3.97. The Morgan fingerprint density at radius 1 is 1.25 bits per heavy atom. The van der Waals surface area contributed by atoms with Gasteiger partial charge in [-0.05, 0) is 19.5 Å². The van der Waals surface area contributed by atoms with E-state index in [2.05, 4.69) is 36.2 Å². The molecule has 1 N–H and O–H groups in total. The van der Waals surface area contributed by atoms with Crippen LogP contribution < -0.4 is 0 Å². The van der Waals surface area contributed by atoms with Crippen molar-refractivity contribution in [1.29, 1.82) is 0 Å². The second kappa shape index (κ2) is 8.61. The molecule has 1 aromatic heterocycles. The van der Waals surface area contributed by atoms with Crippen molar-refractivity contribution in [3.63, 3.8) is 0 Å². The SMILES string of the molecule is Cc1ccc(CN(C)CC(=O)N(CCO)Cc2cncn2C)cc1. The van der Waals surface area contributed by atoms with Gasteiger partial charge in [-0.2, -0.15) is 0 Å². The highest BCUT2D eigenvalue weighted by molar-refractivity contribution is 5.78. The lowest BCUT2D eigenvalue weighted by Crippen LogP contribution is -2.40. The van der Waals surface area contributed by atoms with Crippen LogP contribution in [0.15, 0.2) is 36.8 Å². The molecule has 0 aliphatic carbocycles. The summed E-state index contributed by atoms with van der Waals surface area (Å²) in [6.45, 7) is 3.81. The van der Waals surface area contributed by atoms with Crippen molar-refractivity contribution < 1.29 is 9.90 Å². The Balaban J connectivity index is 1.93. The van der Waals surface area contributed by atoms with Gasteiger partial charge in [-0.1, -0.05) is 29.8 Å². The number of rotatable bonds is 8. The molecule has 0 aliphatic heterocycles. The molecule has 0 atom stereocenters. The minimum atomic E-state index is -0.0503. The van der Waals surface area contributed by atoms with Crippen LogP contribution in [0.5, 0.6) is 0 Å². The topological polar surface area (TPSA) is 61.6 Å². The minimum absolute atomic E-state index is 0.000128. The molecule has 6 nitrogen and oxygen atoms in total. The quantitative estimate of drug-likeness (QED) is 0.790. The van der Waals surface area contributed by atoms with Gasteiger partial charge in [0, 0.05) is 26.3 Å². The van der Waals surface area contributed by atoms with Crippen LogP contribution in [0.25, 0.3) is 0 Å². The van der Waals surface area contributed by atoms with E-state index in [0.29, 0.717) is 26.2 Å². The van der Waals surface area contributed by atoms with E-state index in [0.717, 1.165) is 5.69 Å². The number of likely N-dealkylation sites (N-methyl/N-ethyl adjacent to an activating group) is 1. The monoisotopic (exact) mass is 330 g/mol. The number of amides is 1. The van der Waals surface area contributed by atoms with Gasteiger partial charge >= 0.3 is 0 Å². The van der Waals surface area contributed by atoms with Crippen LogP contribution in [-0.2, 0) is 24.9 Å². The van der Waals surface area contributed by atoms with Gasteiger partial charge in [0.2, 0.25) is 5.91 Å². The number of benzene rings is 1. The summed E-state index contributed by atoms with van der Waals surface area (Å²) in [5.74, 6) is -0.000128. The van der Waals surface area contributed by atoms with Gasteiger partial charge < -0.3 is 14.6 Å². The lowest BCUT2D eigenvalue weighted by Gasteiger charge is -2.25. The fraction of sp³-hybridized carbons (Fsp3) is 0.444. The number of aliphatic hydroxyl groups excluding tert-OH is 1. The van der Waals surface area contributed by atoms with Gasteiger partial charge in [0.05, 0.1) is 31.7 Å². The van der Waals surface area contributed by atoms with Crippen LogP contribution in [0.4, 0.5) is 0 Å². The Kier molecular flexibility index (Phi) is 6.52. The summed E-state index contributed by atoms with van der Waals surface area (Å²) in [6, 6.07) is 8.31. The van der Waals surface area contributed by atoms with Crippen LogP contribution >= 0.6 is 0 Å². The summed E-state index contributed by atoms with van der Waals surface area (Å²) < 4.78 is 1.88. The molecule has 1 aromatic carbocycles. The first-order valence-corrected chi connectivity index (χ1v) is 8.07. The zero-order valence-corrected chi connectivity index (χ0v) is 14.6. The summed E-state index contributed by atoms with van der Waals surface area (Å²) in [5, 5.41) is 9.25.